The van der Waals surface area contributed by atoms with Crippen molar-refractivity contribution >= 4 is 16.9 Å². The zero-order valence-corrected chi connectivity index (χ0v) is 19.7. The minimum atomic E-state index is -0.202. The fourth-order valence-electron chi connectivity index (χ4n) is 3.69. The van der Waals surface area contributed by atoms with Crippen LogP contribution in [0.2, 0.25) is 0 Å². The SMILES string of the molecule is COc1cccc(OCCn2c(CNC(=O)COc3cc(C)ccc3C)nc3ccccc32)c1. The maximum Gasteiger partial charge on any atom is 0.258 e. The molecule has 0 aliphatic carbocycles. The van der Waals surface area contributed by atoms with Crippen LogP contribution in [0.4, 0.5) is 0 Å². The number of fused-ring (bicyclic) bond motifs is 1. The lowest BCUT2D eigenvalue weighted by atomic mass is 10.1. The predicted octanol–water partition coefficient (Wildman–Crippen LogP) is 4.44. The molecule has 7 nitrogen and oxygen atoms in total. The summed E-state index contributed by atoms with van der Waals surface area (Å²) in [6, 6.07) is 21.4. The van der Waals surface area contributed by atoms with Crippen LogP contribution in [0.5, 0.6) is 17.2 Å². The van der Waals surface area contributed by atoms with Gasteiger partial charge in [0.1, 0.15) is 29.7 Å². The van der Waals surface area contributed by atoms with Gasteiger partial charge in [-0.3, -0.25) is 4.79 Å². The average molecular weight is 460 g/mol. The molecule has 34 heavy (non-hydrogen) atoms. The number of nitrogens with one attached hydrogen (secondary N) is 1. The normalized spacial score (nSPS) is 10.8. The second-order valence-electron chi connectivity index (χ2n) is 8.03. The molecule has 0 unspecified atom stereocenters. The monoisotopic (exact) mass is 459 g/mol. The average Bonchev–Trinajstić information content (AvgIpc) is 3.21. The number of carbonyl (C=O) groups is 1. The van der Waals surface area contributed by atoms with Gasteiger partial charge in [-0.05, 0) is 55.3 Å². The Bertz CT molecular complexity index is 1280. The van der Waals surface area contributed by atoms with E-state index in [1.54, 1.807) is 7.11 Å². The summed E-state index contributed by atoms with van der Waals surface area (Å²) in [5, 5.41) is 2.92. The highest BCUT2D eigenvalue weighted by Crippen LogP contribution is 2.21. The molecule has 1 aromatic heterocycles. The largest absolute Gasteiger partial charge is 0.497 e. The highest BCUT2D eigenvalue weighted by atomic mass is 16.5. The first kappa shape index (κ1) is 23.2. The molecule has 3 aromatic carbocycles. The standard InChI is InChI=1S/C27H29N3O4/c1-19-11-12-20(2)25(15-19)34-18-27(31)28-17-26-29-23-9-4-5-10-24(23)30(26)13-14-33-22-8-6-7-21(16-22)32-3/h4-12,15-16H,13-14,17-18H2,1-3H3,(H,28,31). The number of methoxy groups -OCH3 is 1. The number of nitrogens with zero attached hydrogens (tertiary/aromatic N) is 2. The zero-order valence-electron chi connectivity index (χ0n) is 19.7. The quantitative estimate of drug-likeness (QED) is 0.380. The number of carbonyl (C=O) groups excluding carboxylic acids is 1. The first-order valence-corrected chi connectivity index (χ1v) is 11.2. The minimum absolute atomic E-state index is 0.0521. The number of rotatable bonds is 10. The van der Waals surface area contributed by atoms with Crippen LogP contribution in [0.25, 0.3) is 11.0 Å². The van der Waals surface area contributed by atoms with E-state index in [1.165, 1.54) is 0 Å². The van der Waals surface area contributed by atoms with Gasteiger partial charge in [0.25, 0.3) is 5.91 Å². The number of aromatic nitrogens is 2. The molecule has 0 fully saturated rings. The van der Waals surface area contributed by atoms with E-state index in [2.05, 4.69) is 9.88 Å². The summed E-state index contributed by atoms with van der Waals surface area (Å²) in [5.74, 6) is 2.76. The number of ether oxygens (including phenoxy) is 3. The third-order valence-electron chi connectivity index (χ3n) is 5.50. The number of aryl methyl sites for hydroxylation is 2. The Morgan fingerprint density at radius 2 is 1.79 bits per heavy atom. The number of imidazole rings is 1. The molecule has 0 saturated heterocycles. The van der Waals surface area contributed by atoms with Gasteiger partial charge in [0.15, 0.2) is 6.61 Å². The van der Waals surface area contributed by atoms with Gasteiger partial charge in [-0.15, -0.1) is 0 Å². The summed E-state index contributed by atoms with van der Waals surface area (Å²) in [5.41, 5.74) is 3.95. The molecular weight excluding hydrogens is 430 g/mol. The smallest absolute Gasteiger partial charge is 0.258 e. The van der Waals surface area contributed by atoms with Crippen LogP contribution in [0.1, 0.15) is 17.0 Å². The predicted molar refractivity (Wildman–Crippen MR) is 131 cm³/mol. The van der Waals surface area contributed by atoms with Crippen LogP contribution in [0.15, 0.2) is 66.7 Å². The van der Waals surface area contributed by atoms with E-state index >= 15 is 0 Å². The van der Waals surface area contributed by atoms with Gasteiger partial charge in [-0.1, -0.05) is 30.3 Å². The Labute approximate surface area is 199 Å². The van der Waals surface area contributed by atoms with Crippen molar-refractivity contribution in [2.75, 3.05) is 20.3 Å². The van der Waals surface area contributed by atoms with E-state index < -0.39 is 0 Å². The number of hydrogen-bond acceptors (Lipinski definition) is 5. The molecule has 0 aliphatic rings. The lowest BCUT2D eigenvalue weighted by Crippen LogP contribution is -2.30. The van der Waals surface area contributed by atoms with Crippen molar-refractivity contribution in [3.05, 3.63) is 83.7 Å². The van der Waals surface area contributed by atoms with E-state index in [-0.39, 0.29) is 12.5 Å². The molecule has 4 rings (SSSR count). The first-order valence-electron chi connectivity index (χ1n) is 11.2. The highest BCUT2D eigenvalue weighted by Gasteiger charge is 2.13. The van der Waals surface area contributed by atoms with Crippen molar-refractivity contribution < 1.29 is 19.0 Å². The number of hydrogen-bond donors (Lipinski definition) is 1. The molecular formula is C27H29N3O4. The second kappa shape index (κ2) is 10.7. The molecule has 0 spiro atoms. The van der Waals surface area contributed by atoms with E-state index in [1.807, 2.05) is 80.6 Å². The molecule has 0 radical (unpaired) electrons. The van der Waals surface area contributed by atoms with Crippen LogP contribution >= 0.6 is 0 Å². The van der Waals surface area contributed by atoms with Crippen LogP contribution in [-0.4, -0.2) is 35.8 Å². The maximum absolute atomic E-state index is 12.5. The molecule has 0 aliphatic heterocycles. The summed E-state index contributed by atoms with van der Waals surface area (Å²) in [7, 11) is 1.63. The van der Waals surface area contributed by atoms with Crippen molar-refractivity contribution in [2.24, 2.45) is 0 Å². The maximum atomic E-state index is 12.5. The summed E-state index contributed by atoms with van der Waals surface area (Å²) < 4.78 is 19.0. The molecule has 0 bridgehead atoms. The number of para-hydroxylation sites is 2. The summed E-state index contributed by atoms with van der Waals surface area (Å²) in [6.45, 7) is 5.23. The molecule has 1 heterocycles. The summed E-state index contributed by atoms with van der Waals surface area (Å²) in [6.07, 6.45) is 0. The van der Waals surface area contributed by atoms with E-state index in [4.69, 9.17) is 19.2 Å². The topological polar surface area (TPSA) is 74.6 Å². The molecule has 7 heteroatoms. The van der Waals surface area contributed by atoms with Crippen LogP contribution in [-0.2, 0) is 17.9 Å². The molecule has 0 atom stereocenters. The number of amides is 1. The van der Waals surface area contributed by atoms with Crippen molar-refractivity contribution in [1.82, 2.24) is 14.9 Å². The fourth-order valence-corrected chi connectivity index (χ4v) is 3.69. The fraction of sp³-hybridized carbons (Fsp3) is 0.259. The van der Waals surface area contributed by atoms with Crippen molar-refractivity contribution in [2.45, 2.75) is 26.9 Å². The third-order valence-corrected chi connectivity index (χ3v) is 5.50. The molecule has 1 N–H and O–H groups in total. The van der Waals surface area contributed by atoms with Crippen molar-refractivity contribution in [3.8, 4) is 17.2 Å². The van der Waals surface area contributed by atoms with Gasteiger partial charge in [0.05, 0.1) is 31.2 Å². The van der Waals surface area contributed by atoms with Crippen LogP contribution in [0, 0.1) is 13.8 Å². The van der Waals surface area contributed by atoms with Crippen molar-refractivity contribution in [3.63, 3.8) is 0 Å². The zero-order chi connectivity index (χ0) is 23.9. The van der Waals surface area contributed by atoms with E-state index in [9.17, 15) is 4.79 Å². The van der Waals surface area contributed by atoms with E-state index in [0.717, 1.165) is 45.2 Å². The Kier molecular flexibility index (Phi) is 7.32. The van der Waals surface area contributed by atoms with Crippen LogP contribution < -0.4 is 19.5 Å². The van der Waals surface area contributed by atoms with Crippen LogP contribution in [0.3, 0.4) is 0 Å². The Morgan fingerprint density at radius 1 is 0.971 bits per heavy atom. The first-order chi connectivity index (χ1) is 16.5. The Balaban J connectivity index is 1.39. The minimum Gasteiger partial charge on any atom is -0.497 e. The Hall–Kier alpha value is -4.00. The highest BCUT2D eigenvalue weighted by molar-refractivity contribution is 5.78. The lowest BCUT2D eigenvalue weighted by Gasteiger charge is -2.13. The molecule has 1 amide bonds. The number of benzene rings is 3. The Morgan fingerprint density at radius 3 is 2.65 bits per heavy atom. The van der Waals surface area contributed by atoms with Gasteiger partial charge < -0.3 is 24.1 Å². The molecule has 0 saturated carbocycles. The van der Waals surface area contributed by atoms with Gasteiger partial charge >= 0.3 is 0 Å². The molecule has 4 aromatic rings. The van der Waals surface area contributed by atoms with Crippen molar-refractivity contribution in [1.29, 1.82) is 0 Å². The van der Waals surface area contributed by atoms with Gasteiger partial charge in [-0.2, -0.15) is 0 Å². The van der Waals surface area contributed by atoms with Gasteiger partial charge in [0.2, 0.25) is 0 Å². The second-order valence-corrected chi connectivity index (χ2v) is 8.03. The van der Waals surface area contributed by atoms with E-state index in [0.29, 0.717) is 19.7 Å². The summed E-state index contributed by atoms with van der Waals surface area (Å²) in [4.78, 5) is 17.2. The lowest BCUT2D eigenvalue weighted by molar-refractivity contribution is -0.123. The molecule has 176 valence electrons. The third kappa shape index (κ3) is 5.67. The summed E-state index contributed by atoms with van der Waals surface area (Å²) >= 11 is 0. The van der Waals surface area contributed by atoms with Gasteiger partial charge in [0, 0.05) is 6.07 Å². The van der Waals surface area contributed by atoms with Gasteiger partial charge in [-0.25, -0.2) is 4.98 Å².